The second kappa shape index (κ2) is 5.16. The molecular weight excluding hydrogens is 268 g/mol. The molecule has 0 spiro atoms. The first-order valence-electron chi connectivity index (χ1n) is 6.33. The summed E-state index contributed by atoms with van der Waals surface area (Å²) in [6.45, 7) is 4.07. The van der Waals surface area contributed by atoms with Crippen molar-refractivity contribution in [2.45, 2.75) is 13.8 Å². The van der Waals surface area contributed by atoms with Crippen molar-refractivity contribution in [1.29, 1.82) is 0 Å². The molecule has 0 bridgehead atoms. The molecule has 0 unspecified atom stereocenters. The van der Waals surface area contributed by atoms with E-state index in [1.165, 1.54) is 22.9 Å². The maximum absolute atomic E-state index is 5.72. The van der Waals surface area contributed by atoms with Crippen molar-refractivity contribution in [2.75, 3.05) is 11.1 Å². The second-order valence-electron chi connectivity index (χ2n) is 4.53. The molecule has 21 heavy (non-hydrogen) atoms. The molecule has 106 valence electrons. The van der Waals surface area contributed by atoms with Crippen LogP contribution in [-0.4, -0.2) is 29.7 Å². The van der Waals surface area contributed by atoms with Gasteiger partial charge in [-0.3, -0.25) is 0 Å². The van der Waals surface area contributed by atoms with E-state index in [2.05, 4.69) is 30.4 Å². The molecule has 3 rings (SSSR count). The lowest BCUT2D eigenvalue weighted by atomic mass is 10.1. The molecule has 0 radical (unpaired) electrons. The van der Waals surface area contributed by atoms with Gasteiger partial charge in [0.15, 0.2) is 0 Å². The predicted octanol–water partition coefficient (Wildman–Crippen LogP) is 1.39. The van der Waals surface area contributed by atoms with Crippen LogP contribution in [-0.2, 0) is 0 Å². The Bertz CT molecular complexity index is 766. The fourth-order valence-electron chi connectivity index (χ4n) is 1.86. The van der Waals surface area contributed by atoms with Crippen LogP contribution < -0.4 is 11.1 Å². The summed E-state index contributed by atoms with van der Waals surface area (Å²) >= 11 is 0. The van der Waals surface area contributed by atoms with Crippen LogP contribution in [0.2, 0.25) is 0 Å². The molecular formula is C13H14N8. The molecule has 0 amide bonds. The van der Waals surface area contributed by atoms with E-state index >= 15 is 0 Å². The Hall–Kier alpha value is -3.03. The van der Waals surface area contributed by atoms with Crippen molar-refractivity contribution in [1.82, 2.24) is 29.7 Å². The third kappa shape index (κ3) is 2.64. The number of benzene rings is 1. The Morgan fingerprint density at radius 3 is 2.76 bits per heavy atom. The zero-order chi connectivity index (χ0) is 14.8. The molecule has 0 atom stereocenters. The Kier molecular flexibility index (Phi) is 3.19. The van der Waals surface area contributed by atoms with Crippen LogP contribution >= 0.6 is 0 Å². The van der Waals surface area contributed by atoms with Gasteiger partial charge in [0.25, 0.3) is 5.95 Å². The monoisotopic (exact) mass is 282 g/mol. The van der Waals surface area contributed by atoms with Crippen molar-refractivity contribution in [3.05, 3.63) is 42.0 Å². The number of nitrogens with two attached hydrogens (primary N) is 1. The first-order chi connectivity index (χ1) is 10.1. The number of aromatic nitrogens is 6. The van der Waals surface area contributed by atoms with Crippen LogP contribution in [0, 0.1) is 13.8 Å². The summed E-state index contributed by atoms with van der Waals surface area (Å²) in [5, 5.41) is 7.13. The molecule has 2 aromatic heterocycles. The summed E-state index contributed by atoms with van der Waals surface area (Å²) < 4.78 is 1.42. The van der Waals surface area contributed by atoms with Crippen LogP contribution in [0.15, 0.2) is 30.9 Å². The quantitative estimate of drug-likeness (QED) is 0.747. The standard InChI is InChI=1S/C13H14N8/c1-8-4-3-5-10(9(8)2)17-12-18-11(14)19-13(20-12)21-7-15-6-16-21/h3-7H,1-2H3,(H3,14,17,18,19,20). The molecule has 0 fully saturated rings. The maximum atomic E-state index is 5.72. The van der Waals surface area contributed by atoms with Crippen molar-refractivity contribution in [3.8, 4) is 5.95 Å². The minimum Gasteiger partial charge on any atom is -0.368 e. The number of hydrogen-bond donors (Lipinski definition) is 2. The first kappa shape index (κ1) is 13.0. The summed E-state index contributed by atoms with van der Waals surface area (Å²) in [6, 6.07) is 5.97. The summed E-state index contributed by atoms with van der Waals surface area (Å²) in [6.07, 6.45) is 2.90. The minimum atomic E-state index is 0.114. The van der Waals surface area contributed by atoms with Gasteiger partial charge < -0.3 is 11.1 Å². The minimum absolute atomic E-state index is 0.114. The largest absolute Gasteiger partial charge is 0.368 e. The Morgan fingerprint density at radius 2 is 2.00 bits per heavy atom. The molecule has 3 N–H and O–H groups in total. The number of rotatable bonds is 3. The molecule has 8 heteroatoms. The number of aryl methyl sites for hydroxylation is 1. The van der Waals surface area contributed by atoms with Crippen LogP contribution in [0.25, 0.3) is 5.95 Å². The summed E-state index contributed by atoms with van der Waals surface area (Å²) in [5.41, 5.74) is 8.95. The van der Waals surface area contributed by atoms with Crippen molar-refractivity contribution in [2.24, 2.45) is 0 Å². The van der Waals surface area contributed by atoms with E-state index in [9.17, 15) is 0 Å². The van der Waals surface area contributed by atoms with Gasteiger partial charge in [0, 0.05) is 5.69 Å². The fourth-order valence-corrected chi connectivity index (χ4v) is 1.86. The van der Waals surface area contributed by atoms with Gasteiger partial charge in [0.2, 0.25) is 11.9 Å². The van der Waals surface area contributed by atoms with Crippen molar-refractivity contribution >= 4 is 17.6 Å². The lowest BCUT2D eigenvalue weighted by Crippen LogP contribution is -2.10. The van der Waals surface area contributed by atoms with Gasteiger partial charge in [-0.2, -0.15) is 24.7 Å². The number of anilines is 3. The number of nitrogen functional groups attached to an aromatic ring is 1. The van der Waals surface area contributed by atoms with E-state index < -0.39 is 0 Å². The lowest BCUT2D eigenvalue weighted by Gasteiger charge is -2.10. The van der Waals surface area contributed by atoms with E-state index in [1.807, 2.05) is 32.0 Å². The topological polar surface area (TPSA) is 107 Å². The Balaban J connectivity index is 1.98. The van der Waals surface area contributed by atoms with Crippen molar-refractivity contribution in [3.63, 3.8) is 0 Å². The normalized spacial score (nSPS) is 10.6. The summed E-state index contributed by atoms with van der Waals surface area (Å²) in [5.74, 6) is 0.790. The Labute approximate surface area is 121 Å². The van der Waals surface area contributed by atoms with Crippen LogP contribution in [0.1, 0.15) is 11.1 Å². The first-order valence-corrected chi connectivity index (χ1v) is 6.33. The number of nitrogens with zero attached hydrogens (tertiary/aromatic N) is 6. The molecule has 0 aliphatic heterocycles. The van der Waals surface area contributed by atoms with Gasteiger partial charge in [-0.1, -0.05) is 12.1 Å². The van der Waals surface area contributed by atoms with Gasteiger partial charge in [-0.15, -0.1) is 0 Å². The molecule has 1 aromatic carbocycles. The molecule has 0 aliphatic carbocycles. The zero-order valence-electron chi connectivity index (χ0n) is 11.6. The average Bonchev–Trinajstić information content (AvgIpc) is 2.97. The SMILES string of the molecule is Cc1cccc(Nc2nc(N)nc(-n3cncn3)n2)c1C. The zero-order valence-corrected chi connectivity index (χ0v) is 11.6. The lowest BCUT2D eigenvalue weighted by molar-refractivity contribution is 0.800. The van der Waals surface area contributed by atoms with Crippen LogP contribution in [0.5, 0.6) is 0 Å². The third-order valence-electron chi connectivity index (χ3n) is 3.12. The molecule has 8 nitrogen and oxygen atoms in total. The smallest absolute Gasteiger partial charge is 0.258 e. The van der Waals surface area contributed by atoms with Crippen molar-refractivity contribution < 1.29 is 0 Å². The average molecular weight is 282 g/mol. The fraction of sp³-hybridized carbons (Fsp3) is 0.154. The van der Waals surface area contributed by atoms with Gasteiger partial charge >= 0.3 is 0 Å². The predicted molar refractivity (Wildman–Crippen MR) is 78.4 cm³/mol. The highest BCUT2D eigenvalue weighted by atomic mass is 15.4. The second-order valence-corrected chi connectivity index (χ2v) is 4.53. The Morgan fingerprint density at radius 1 is 1.14 bits per heavy atom. The summed E-state index contributed by atoms with van der Waals surface area (Å²) in [7, 11) is 0. The number of nitrogens with one attached hydrogen (secondary N) is 1. The van der Waals surface area contributed by atoms with E-state index in [1.54, 1.807) is 0 Å². The van der Waals surface area contributed by atoms with Gasteiger partial charge in [0.1, 0.15) is 12.7 Å². The van der Waals surface area contributed by atoms with E-state index in [-0.39, 0.29) is 5.95 Å². The molecule has 0 saturated heterocycles. The highest BCUT2D eigenvalue weighted by molar-refractivity contribution is 5.60. The molecule has 0 aliphatic rings. The van der Waals surface area contributed by atoms with Crippen LogP contribution in [0.3, 0.4) is 0 Å². The molecule has 3 aromatic rings. The molecule has 2 heterocycles. The highest BCUT2D eigenvalue weighted by Crippen LogP contribution is 2.21. The van der Waals surface area contributed by atoms with Gasteiger partial charge in [-0.25, -0.2) is 4.98 Å². The summed E-state index contributed by atoms with van der Waals surface area (Å²) in [4.78, 5) is 16.3. The van der Waals surface area contributed by atoms with E-state index in [4.69, 9.17) is 5.73 Å². The maximum Gasteiger partial charge on any atom is 0.258 e. The number of hydrogen-bond acceptors (Lipinski definition) is 7. The van der Waals surface area contributed by atoms with E-state index in [0.717, 1.165) is 11.3 Å². The van der Waals surface area contributed by atoms with Crippen LogP contribution in [0.4, 0.5) is 17.6 Å². The van der Waals surface area contributed by atoms with Gasteiger partial charge in [0.05, 0.1) is 0 Å². The highest BCUT2D eigenvalue weighted by Gasteiger charge is 2.08. The molecule has 0 saturated carbocycles. The van der Waals surface area contributed by atoms with E-state index in [0.29, 0.717) is 11.9 Å². The third-order valence-corrected chi connectivity index (χ3v) is 3.12. The van der Waals surface area contributed by atoms with Gasteiger partial charge in [-0.05, 0) is 31.0 Å².